The highest BCUT2D eigenvalue weighted by atomic mass is 19.3. The third kappa shape index (κ3) is 1.29. The van der Waals surface area contributed by atoms with Crippen LogP contribution in [0.25, 0.3) is 0 Å². The van der Waals surface area contributed by atoms with Gasteiger partial charge >= 0.3 is 0 Å². The van der Waals surface area contributed by atoms with Gasteiger partial charge in [0.05, 0.1) is 0 Å². The van der Waals surface area contributed by atoms with Crippen LogP contribution in [-0.4, -0.2) is 18.0 Å². The maximum absolute atomic E-state index is 12.2. The molecule has 0 heterocycles. The van der Waals surface area contributed by atoms with Crippen molar-refractivity contribution in [2.24, 2.45) is 0 Å². The summed E-state index contributed by atoms with van der Waals surface area (Å²) in [4.78, 5) is 0. The van der Waals surface area contributed by atoms with E-state index in [0.717, 1.165) is 0 Å². The summed E-state index contributed by atoms with van der Waals surface area (Å²) >= 11 is 0. The van der Waals surface area contributed by atoms with E-state index in [9.17, 15) is 8.78 Å². The summed E-state index contributed by atoms with van der Waals surface area (Å²) in [6.07, 6.45) is 2.48. The van der Waals surface area contributed by atoms with E-state index in [2.05, 4.69) is 5.32 Å². The summed E-state index contributed by atoms with van der Waals surface area (Å²) in [5, 5.41) is 3.17. The van der Waals surface area contributed by atoms with Gasteiger partial charge in [0.2, 0.25) is 0 Å². The average Bonchev–Trinajstić information content (AvgIpc) is 2.44. The summed E-state index contributed by atoms with van der Waals surface area (Å²) in [5.74, 6) is -2.35. The molecule has 2 saturated carbocycles. The molecule has 0 atom stereocenters. The largest absolute Gasteiger partial charge is 0.311 e. The van der Waals surface area contributed by atoms with E-state index in [1.54, 1.807) is 0 Å². The van der Waals surface area contributed by atoms with Crippen LogP contribution in [0.1, 0.15) is 25.7 Å². The van der Waals surface area contributed by atoms with Gasteiger partial charge < -0.3 is 5.32 Å². The fourth-order valence-corrected chi connectivity index (χ4v) is 1.36. The molecule has 0 bridgehead atoms. The van der Waals surface area contributed by atoms with Gasteiger partial charge in [-0.2, -0.15) is 0 Å². The molecule has 2 aliphatic carbocycles. The van der Waals surface area contributed by atoms with Crippen LogP contribution in [0, 0.1) is 0 Å². The van der Waals surface area contributed by atoms with Gasteiger partial charge in [0.15, 0.2) is 0 Å². The van der Waals surface area contributed by atoms with Gasteiger partial charge in [0.25, 0.3) is 5.92 Å². The molecule has 0 aromatic heterocycles. The van der Waals surface area contributed by atoms with Crippen molar-refractivity contribution in [2.45, 2.75) is 43.7 Å². The third-order valence-electron chi connectivity index (χ3n) is 2.14. The lowest BCUT2D eigenvalue weighted by Crippen LogP contribution is -2.49. The quantitative estimate of drug-likeness (QED) is 0.624. The zero-order valence-electron chi connectivity index (χ0n) is 5.74. The molecule has 0 spiro atoms. The van der Waals surface area contributed by atoms with E-state index in [1.165, 1.54) is 12.8 Å². The highest BCUT2D eigenvalue weighted by Crippen LogP contribution is 2.38. The first kappa shape index (κ1) is 6.53. The Kier molecular flexibility index (Phi) is 1.24. The van der Waals surface area contributed by atoms with E-state index in [1.807, 2.05) is 0 Å². The van der Waals surface area contributed by atoms with Gasteiger partial charge in [0.1, 0.15) is 0 Å². The van der Waals surface area contributed by atoms with Crippen LogP contribution in [0.2, 0.25) is 0 Å². The lowest BCUT2D eigenvalue weighted by molar-refractivity contribution is -0.0929. The van der Waals surface area contributed by atoms with Crippen LogP contribution in [0.5, 0.6) is 0 Å². The summed E-state index contributed by atoms with van der Waals surface area (Å²) in [6, 6.07) is 0.684. The first-order valence-electron chi connectivity index (χ1n) is 3.80. The van der Waals surface area contributed by atoms with Crippen molar-refractivity contribution < 1.29 is 8.78 Å². The number of hydrogen-bond donors (Lipinski definition) is 1. The van der Waals surface area contributed by atoms with Crippen molar-refractivity contribution in [1.29, 1.82) is 0 Å². The van der Waals surface area contributed by atoms with Crippen molar-refractivity contribution in [3.8, 4) is 0 Å². The van der Waals surface area contributed by atoms with Crippen LogP contribution < -0.4 is 5.32 Å². The summed E-state index contributed by atoms with van der Waals surface area (Å²) in [6.45, 7) is 0. The van der Waals surface area contributed by atoms with Crippen molar-refractivity contribution in [3.05, 3.63) is 0 Å². The molecular weight excluding hydrogens is 136 g/mol. The van der Waals surface area contributed by atoms with Crippen molar-refractivity contribution >= 4 is 0 Å². The SMILES string of the molecule is FC1(F)CC(NC2CC2)C1. The number of hydrogen-bond acceptors (Lipinski definition) is 1. The molecule has 0 amide bonds. The molecule has 0 aromatic rings. The highest BCUT2D eigenvalue weighted by Gasteiger charge is 2.46. The second kappa shape index (κ2) is 1.91. The summed E-state index contributed by atoms with van der Waals surface area (Å²) < 4.78 is 24.4. The van der Waals surface area contributed by atoms with Crippen LogP contribution >= 0.6 is 0 Å². The average molecular weight is 147 g/mol. The van der Waals surface area contributed by atoms with Gasteiger partial charge in [-0.1, -0.05) is 0 Å². The number of halogens is 2. The zero-order valence-corrected chi connectivity index (χ0v) is 5.74. The van der Waals surface area contributed by atoms with Gasteiger partial charge in [0, 0.05) is 24.9 Å². The lowest BCUT2D eigenvalue weighted by atomic mass is 9.88. The minimum Gasteiger partial charge on any atom is -0.311 e. The van der Waals surface area contributed by atoms with Crippen LogP contribution in [0.3, 0.4) is 0 Å². The molecule has 2 aliphatic rings. The van der Waals surface area contributed by atoms with Crippen LogP contribution in [0.15, 0.2) is 0 Å². The minimum absolute atomic E-state index is 0.0590. The molecule has 1 N–H and O–H groups in total. The predicted octanol–water partition coefficient (Wildman–Crippen LogP) is 1.54. The molecule has 0 saturated heterocycles. The van der Waals surface area contributed by atoms with Gasteiger partial charge in [-0.05, 0) is 12.8 Å². The minimum atomic E-state index is -2.35. The highest BCUT2D eigenvalue weighted by molar-refractivity contribution is 4.95. The molecular formula is C7H11F2N. The van der Waals surface area contributed by atoms with Crippen LogP contribution in [0.4, 0.5) is 8.78 Å². The molecule has 10 heavy (non-hydrogen) atoms. The smallest absolute Gasteiger partial charge is 0.251 e. The molecule has 0 unspecified atom stereocenters. The predicted molar refractivity (Wildman–Crippen MR) is 34.1 cm³/mol. The fourth-order valence-electron chi connectivity index (χ4n) is 1.36. The zero-order chi connectivity index (χ0) is 7.19. The van der Waals surface area contributed by atoms with Gasteiger partial charge in [-0.3, -0.25) is 0 Å². The number of nitrogens with one attached hydrogen (secondary N) is 1. The van der Waals surface area contributed by atoms with Crippen molar-refractivity contribution in [3.63, 3.8) is 0 Å². The Morgan fingerprint density at radius 1 is 1.10 bits per heavy atom. The van der Waals surface area contributed by atoms with Gasteiger partial charge in [-0.25, -0.2) is 8.78 Å². The van der Waals surface area contributed by atoms with Crippen molar-refractivity contribution in [2.75, 3.05) is 0 Å². The Morgan fingerprint density at radius 2 is 1.70 bits per heavy atom. The van der Waals surface area contributed by atoms with E-state index in [4.69, 9.17) is 0 Å². The maximum Gasteiger partial charge on any atom is 0.251 e. The van der Waals surface area contributed by atoms with E-state index >= 15 is 0 Å². The van der Waals surface area contributed by atoms with E-state index < -0.39 is 5.92 Å². The Labute approximate surface area is 58.8 Å². The maximum atomic E-state index is 12.2. The monoisotopic (exact) mass is 147 g/mol. The molecule has 2 rings (SSSR count). The summed E-state index contributed by atoms with van der Waals surface area (Å²) in [5.41, 5.74) is 0. The Bertz CT molecular complexity index is 132. The topological polar surface area (TPSA) is 12.0 Å². The first-order chi connectivity index (χ1) is 4.66. The summed E-state index contributed by atoms with van der Waals surface area (Å²) in [7, 11) is 0. The Balaban J connectivity index is 1.69. The van der Waals surface area contributed by atoms with E-state index in [0.29, 0.717) is 6.04 Å². The van der Waals surface area contributed by atoms with Crippen molar-refractivity contribution in [1.82, 2.24) is 5.32 Å². The normalized spacial score (nSPS) is 31.8. The van der Waals surface area contributed by atoms with E-state index in [-0.39, 0.29) is 18.9 Å². The lowest BCUT2D eigenvalue weighted by Gasteiger charge is -2.35. The molecule has 0 aliphatic heterocycles. The van der Waals surface area contributed by atoms with Crippen LogP contribution in [-0.2, 0) is 0 Å². The number of rotatable bonds is 2. The Morgan fingerprint density at radius 3 is 2.10 bits per heavy atom. The molecule has 2 fully saturated rings. The molecule has 58 valence electrons. The fraction of sp³-hybridized carbons (Fsp3) is 1.00. The molecule has 1 nitrogen and oxygen atoms in total. The third-order valence-corrected chi connectivity index (χ3v) is 2.14. The molecule has 3 heteroatoms. The van der Waals surface area contributed by atoms with Gasteiger partial charge in [-0.15, -0.1) is 0 Å². The first-order valence-corrected chi connectivity index (χ1v) is 3.80. The molecule has 0 aromatic carbocycles. The second-order valence-electron chi connectivity index (χ2n) is 3.40. The number of alkyl halides is 2. The second-order valence-corrected chi connectivity index (χ2v) is 3.40. The molecule has 0 radical (unpaired) electrons. The standard InChI is InChI=1S/C7H11F2N/c8-7(9)3-6(4-7)10-5-1-2-5/h5-6,10H,1-4H2. The Hall–Kier alpha value is -0.180.